The van der Waals surface area contributed by atoms with Gasteiger partial charge in [0.25, 0.3) is 5.69 Å². The van der Waals surface area contributed by atoms with Gasteiger partial charge in [-0.15, -0.1) is 11.3 Å². The molecule has 0 aliphatic heterocycles. The maximum atomic E-state index is 12.0. The second-order valence-corrected chi connectivity index (χ2v) is 6.01. The molecule has 21 heavy (non-hydrogen) atoms. The zero-order chi connectivity index (χ0) is 15.6. The number of carbonyl (C=O) groups excluding carboxylic acids is 1. The number of methoxy groups -OCH3 is 1. The van der Waals surface area contributed by atoms with Gasteiger partial charge in [-0.1, -0.05) is 23.2 Å². The number of hydrogen-bond donors (Lipinski definition) is 0. The highest BCUT2D eigenvalue weighted by Crippen LogP contribution is 2.35. The van der Waals surface area contributed by atoms with E-state index in [0.29, 0.717) is 4.34 Å². The summed E-state index contributed by atoms with van der Waals surface area (Å²) in [6, 6.07) is 5.03. The van der Waals surface area contributed by atoms with Crippen molar-refractivity contribution in [1.29, 1.82) is 0 Å². The molecule has 9 heteroatoms. The second-order valence-electron chi connectivity index (χ2n) is 3.72. The van der Waals surface area contributed by atoms with Crippen LogP contribution < -0.4 is 9.47 Å². The van der Waals surface area contributed by atoms with Gasteiger partial charge < -0.3 is 9.47 Å². The molecule has 0 amide bonds. The van der Waals surface area contributed by atoms with Crippen LogP contribution in [0.2, 0.25) is 8.67 Å². The maximum Gasteiger partial charge on any atom is 0.346 e. The van der Waals surface area contributed by atoms with Gasteiger partial charge in [-0.3, -0.25) is 10.1 Å². The molecule has 0 bridgehead atoms. The molecule has 1 aromatic heterocycles. The van der Waals surface area contributed by atoms with Crippen LogP contribution in [0.4, 0.5) is 5.69 Å². The summed E-state index contributed by atoms with van der Waals surface area (Å²) in [5.74, 6) is -0.663. The quantitative estimate of drug-likeness (QED) is 0.358. The maximum absolute atomic E-state index is 12.0. The highest BCUT2D eigenvalue weighted by molar-refractivity contribution is 7.20. The van der Waals surface area contributed by atoms with Crippen molar-refractivity contribution in [1.82, 2.24) is 0 Å². The number of thiophene rings is 1. The number of nitro benzene ring substituents is 1. The highest BCUT2D eigenvalue weighted by atomic mass is 35.5. The number of hydrogen-bond acceptors (Lipinski definition) is 6. The molecule has 1 aromatic carbocycles. The molecule has 0 fully saturated rings. The minimum Gasteiger partial charge on any atom is -0.493 e. The van der Waals surface area contributed by atoms with Gasteiger partial charge in [0.1, 0.15) is 4.34 Å². The number of rotatable bonds is 4. The number of carbonyl (C=O) groups is 1. The van der Waals surface area contributed by atoms with Crippen molar-refractivity contribution in [3.8, 4) is 11.5 Å². The Hall–Kier alpha value is -1.83. The van der Waals surface area contributed by atoms with Crippen molar-refractivity contribution < 1.29 is 19.2 Å². The average molecular weight is 348 g/mol. The Morgan fingerprint density at radius 3 is 2.52 bits per heavy atom. The topological polar surface area (TPSA) is 78.7 Å². The highest BCUT2D eigenvalue weighted by Gasteiger charge is 2.20. The van der Waals surface area contributed by atoms with Crippen molar-refractivity contribution in [3.05, 3.63) is 48.6 Å². The van der Waals surface area contributed by atoms with E-state index in [1.54, 1.807) is 0 Å². The lowest BCUT2D eigenvalue weighted by Gasteiger charge is -2.08. The lowest BCUT2D eigenvalue weighted by molar-refractivity contribution is -0.384. The minimum absolute atomic E-state index is 0.0740. The summed E-state index contributed by atoms with van der Waals surface area (Å²) in [4.78, 5) is 22.2. The Morgan fingerprint density at radius 2 is 2.00 bits per heavy atom. The molecular formula is C12H7Cl2NO5S. The molecule has 0 N–H and O–H groups in total. The van der Waals surface area contributed by atoms with E-state index in [-0.39, 0.29) is 27.1 Å². The predicted molar refractivity (Wildman–Crippen MR) is 78.9 cm³/mol. The van der Waals surface area contributed by atoms with Gasteiger partial charge in [-0.25, -0.2) is 4.79 Å². The van der Waals surface area contributed by atoms with Crippen LogP contribution in [0.3, 0.4) is 0 Å². The third kappa shape index (κ3) is 3.44. The third-order valence-electron chi connectivity index (χ3n) is 2.44. The number of benzene rings is 1. The van der Waals surface area contributed by atoms with Crippen LogP contribution in [-0.4, -0.2) is 18.0 Å². The summed E-state index contributed by atoms with van der Waals surface area (Å²) in [6.07, 6.45) is 0. The summed E-state index contributed by atoms with van der Waals surface area (Å²) >= 11 is 12.6. The van der Waals surface area contributed by atoms with Gasteiger partial charge in [0, 0.05) is 6.07 Å². The van der Waals surface area contributed by atoms with Crippen LogP contribution >= 0.6 is 34.5 Å². The Bertz CT molecular complexity index is 716. The van der Waals surface area contributed by atoms with E-state index in [1.165, 1.54) is 25.3 Å². The Balaban J connectivity index is 2.33. The van der Waals surface area contributed by atoms with E-state index < -0.39 is 10.9 Å². The lowest BCUT2D eigenvalue weighted by atomic mass is 10.2. The van der Waals surface area contributed by atoms with E-state index >= 15 is 0 Å². The Labute approximate surface area is 133 Å². The summed E-state index contributed by atoms with van der Waals surface area (Å²) in [5.41, 5.74) is -0.145. The van der Waals surface area contributed by atoms with Gasteiger partial charge in [0.15, 0.2) is 11.5 Å². The molecule has 0 spiro atoms. The first-order valence-electron chi connectivity index (χ1n) is 5.42. The van der Waals surface area contributed by atoms with E-state index in [0.717, 1.165) is 17.4 Å². The van der Waals surface area contributed by atoms with Gasteiger partial charge in [-0.05, 0) is 12.1 Å². The zero-order valence-electron chi connectivity index (χ0n) is 10.5. The van der Waals surface area contributed by atoms with Crippen LogP contribution in [0, 0.1) is 10.1 Å². The van der Waals surface area contributed by atoms with E-state index in [2.05, 4.69) is 0 Å². The van der Waals surface area contributed by atoms with Crippen LogP contribution in [0.5, 0.6) is 11.5 Å². The van der Waals surface area contributed by atoms with Crippen LogP contribution in [0.15, 0.2) is 24.3 Å². The van der Waals surface area contributed by atoms with Crippen molar-refractivity contribution in [2.45, 2.75) is 0 Å². The first-order valence-corrected chi connectivity index (χ1v) is 6.99. The first-order chi connectivity index (χ1) is 9.92. The molecule has 0 aliphatic rings. The third-order valence-corrected chi connectivity index (χ3v) is 3.92. The van der Waals surface area contributed by atoms with E-state index in [9.17, 15) is 14.9 Å². The molecule has 0 atom stereocenters. The minimum atomic E-state index is -0.776. The molecular weight excluding hydrogens is 341 g/mol. The number of non-ortho nitro benzene ring substituents is 1. The van der Waals surface area contributed by atoms with Crippen molar-refractivity contribution in [2.24, 2.45) is 0 Å². The number of nitro groups is 1. The molecule has 0 saturated heterocycles. The molecule has 110 valence electrons. The van der Waals surface area contributed by atoms with Crippen molar-refractivity contribution in [3.63, 3.8) is 0 Å². The van der Waals surface area contributed by atoms with E-state index in [4.69, 9.17) is 32.7 Å². The molecule has 2 aromatic rings. The number of halogens is 2. The summed E-state index contributed by atoms with van der Waals surface area (Å²) in [5, 5.41) is 10.8. The monoisotopic (exact) mass is 347 g/mol. The normalized spacial score (nSPS) is 10.2. The Morgan fingerprint density at radius 1 is 1.29 bits per heavy atom. The number of nitrogens with zero attached hydrogens (tertiary/aromatic N) is 1. The largest absolute Gasteiger partial charge is 0.493 e. The molecule has 0 saturated carbocycles. The summed E-state index contributed by atoms with van der Waals surface area (Å²) in [7, 11) is 1.35. The van der Waals surface area contributed by atoms with Gasteiger partial charge in [0.05, 0.1) is 28.0 Å². The van der Waals surface area contributed by atoms with Crippen molar-refractivity contribution in [2.75, 3.05) is 7.11 Å². The van der Waals surface area contributed by atoms with Gasteiger partial charge >= 0.3 is 5.97 Å². The summed E-state index contributed by atoms with van der Waals surface area (Å²) in [6.45, 7) is 0. The molecule has 6 nitrogen and oxygen atoms in total. The fourth-order valence-electron chi connectivity index (χ4n) is 1.49. The van der Waals surface area contributed by atoms with Gasteiger partial charge in [-0.2, -0.15) is 0 Å². The number of esters is 1. The molecule has 2 rings (SSSR count). The first kappa shape index (κ1) is 15.6. The SMILES string of the molecule is COc1ccc([N+](=O)[O-])cc1OC(=O)c1cc(Cl)sc1Cl. The second kappa shape index (κ2) is 6.30. The van der Waals surface area contributed by atoms with Crippen LogP contribution in [-0.2, 0) is 0 Å². The number of ether oxygens (including phenoxy) is 2. The molecule has 0 unspecified atom stereocenters. The van der Waals surface area contributed by atoms with Crippen molar-refractivity contribution >= 4 is 46.2 Å². The Kier molecular flexibility index (Phi) is 4.66. The summed E-state index contributed by atoms with van der Waals surface area (Å²) < 4.78 is 10.6. The fraction of sp³-hybridized carbons (Fsp3) is 0.0833. The smallest absolute Gasteiger partial charge is 0.346 e. The van der Waals surface area contributed by atoms with Crippen LogP contribution in [0.1, 0.15) is 10.4 Å². The zero-order valence-corrected chi connectivity index (χ0v) is 12.8. The standard InChI is InChI=1S/C12H7Cl2NO5S/c1-19-8-3-2-6(15(17)18)4-9(8)20-12(16)7-5-10(13)21-11(7)14/h2-5H,1H3. The average Bonchev–Trinajstić information content (AvgIpc) is 2.77. The predicted octanol–water partition coefficient (Wildman–Crippen LogP) is 4.19. The molecule has 0 aliphatic carbocycles. The lowest BCUT2D eigenvalue weighted by Crippen LogP contribution is -2.09. The van der Waals surface area contributed by atoms with Crippen LogP contribution in [0.25, 0.3) is 0 Å². The molecule has 0 radical (unpaired) electrons. The fourth-order valence-corrected chi connectivity index (χ4v) is 2.93. The molecule has 1 heterocycles. The van der Waals surface area contributed by atoms with Gasteiger partial charge in [0.2, 0.25) is 0 Å². The van der Waals surface area contributed by atoms with E-state index in [1.807, 2.05) is 0 Å².